The molecule has 2 aromatic carbocycles. The van der Waals surface area contributed by atoms with Gasteiger partial charge in [-0.15, -0.1) is 0 Å². The highest BCUT2D eigenvalue weighted by molar-refractivity contribution is 5.68. The molecule has 116 valence electrons. The largest absolute Gasteiger partial charge is 0.445 e. The van der Waals surface area contributed by atoms with Crippen LogP contribution in [0.5, 0.6) is 0 Å². The maximum absolute atomic E-state index is 12.2. The van der Waals surface area contributed by atoms with Crippen LogP contribution in [0.15, 0.2) is 54.6 Å². The first kappa shape index (κ1) is 15.1. The monoisotopic (exact) mass is 306 g/mol. The lowest BCUT2D eigenvalue weighted by Gasteiger charge is -2.17. The Morgan fingerprint density at radius 3 is 2.70 bits per heavy atom. The van der Waals surface area contributed by atoms with Gasteiger partial charge in [-0.25, -0.2) is 4.79 Å². The van der Waals surface area contributed by atoms with Crippen molar-refractivity contribution < 1.29 is 9.53 Å². The van der Waals surface area contributed by atoms with Crippen molar-refractivity contribution in [1.82, 2.24) is 4.90 Å². The van der Waals surface area contributed by atoms with E-state index in [-0.39, 0.29) is 18.6 Å². The molecular formula is C19H18N2O2. The number of benzene rings is 2. The summed E-state index contributed by atoms with van der Waals surface area (Å²) in [6.07, 6.45) is 0.574. The van der Waals surface area contributed by atoms with E-state index >= 15 is 0 Å². The molecule has 3 rings (SSSR count). The van der Waals surface area contributed by atoms with Crippen molar-refractivity contribution in [2.45, 2.75) is 18.9 Å². The van der Waals surface area contributed by atoms with Crippen LogP contribution >= 0.6 is 0 Å². The molecule has 0 spiro atoms. The minimum Gasteiger partial charge on any atom is -0.445 e. The van der Waals surface area contributed by atoms with Gasteiger partial charge in [-0.05, 0) is 23.6 Å². The first-order chi connectivity index (χ1) is 11.3. The highest BCUT2D eigenvalue weighted by Gasteiger charge is 2.29. The molecule has 1 aliphatic heterocycles. The smallest absolute Gasteiger partial charge is 0.410 e. The van der Waals surface area contributed by atoms with E-state index in [2.05, 4.69) is 6.07 Å². The Labute approximate surface area is 135 Å². The van der Waals surface area contributed by atoms with E-state index in [0.717, 1.165) is 17.5 Å². The zero-order valence-corrected chi connectivity index (χ0v) is 12.8. The number of hydrogen-bond donors (Lipinski definition) is 0. The second-order valence-electron chi connectivity index (χ2n) is 5.67. The van der Waals surface area contributed by atoms with Gasteiger partial charge in [0.25, 0.3) is 0 Å². The van der Waals surface area contributed by atoms with Gasteiger partial charge < -0.3 is 9.64 Å². The van der Waals surface area contributed by atoms with Crippen molar-refractivity contribution in [2.24, 2.45) is 0 Å². The molecule has 0 aliphatic carbocycles. The quantitative estimate of drug-likeness (QED) is 0.869. The number of carbonyl (C=O) groups is 1. The van der Waals surface area contributed by atoms with Crippen LogP contribution in [-0.2, 0) is 11.3 Å². The number of nitrogens with zero attached hydrogens (tertiary/aromatic N) is 2. The van der Waals surface area contributed by atoms with Gasteiger partial charge >= 0.3 is 6.09 Å². The molecule has 0 aromatic heterocycles. The number of ether oxygens (including phenoxy) is 1. The molecule has 1 heterocycles. The highest BCUT2D eigenvalue weighted by atomic mass is 16.6. The third kappa shape index (κ3) is 3.51. The lowest BCUT2D eigenvalue weighted by molar-refractivity contribution is 0.104. The summed E-state index contributed by atoms with van der Waals surface area (Å²) in [4.78, 5) is 13.9. The van der Waals surface area contributed by atoms with Crippen molar-refractivity contribution in [1.29, 1.82) is 5.26 Å². The topological polar surface area (TPSA) is 53.3 Å². The fraction of sp³-hybridized carbons (Fsp3) is 0.263. The summed E-state index contributed by atoms with van der Waals surface area (Å²) in [5.74, 6) is 0.204. The molecule has 0 bridgehead atoms. The predicted molar refractivity (Wildman–Crippen MR) is 86.7 cm³/mol. The molecule has 4 heteroatoms. The maximum Gasteiger partial charge on any atom is 0.410 e. The average Bonchev–Trinajstić information content (AvgIpc) is 3.10. The molecule has 1 aliphatic rings. The summed E-state index contributed by atoms with van der Waals surface area (Å²) in [7, 11) is 0. The standard InChI is InChI=1S/C19H18N2O2/c20-12-16-8-4-5-9-18(16)17-10-11-21(13-17)19(22)23-14-15-6-2-1-3-7-15/h1-9,17H,10-11,13-14H2. The van der Waals surface area contributed by atoms with Crippen molar-refractivity contribution in [3.63, 3.8) is 0 Å². The number of rotatable bonds is 3. The molecule has 1 unspecified atom stereocenters. The van der Waals surface area contributed by atoms with Gasteiger partial charge in [0.15, 0.2) is 0 Å². The molecule has 1 fully saturated rings. The summed E-state index contributed by atoms with van der Waals surface area (Å²) in [5, 5.41) is 9.21. The number of likely N-dealkylation sites (tertiary alicyclic amines) is 1. The van der Waals surface area contributed by atoms with Crippen LogP contribution in [0.3, 0.4) is 0 Å². The lowest BCUT2D eigenvalue weighted by atomic mass is 9.94. The molecule has 1 atom stereocenters. The number of hydrogen-bond acceptors (Lipinski definition) is 3. The van der Waals surface area contributed by atoms with Crippen LogP contribution in [0, 0.1) is 11.3 Å². The van der Waals surface area contributed by atoms with Crippen molar-refractivity contribution in [2.75, 3.05) is 13.1 Å². The molecular weight excluding hydrogens is 288 g/mol. The molecule has 0 radical (unpaired) electrons. The molecule has 0 saturated carbocycles. The second-order valence-corrected chi connectivity index (χ2v) is 5.67. The van der Waals surface area contributed by atoms with Crippen molar-refractivity contribution >= 4 is 6.09 Å². The van der Waals surface area contributed by atoms with E-state index in [4.69, 9.17) is 4.74 Å². The molecule has 2 aromatic rings. The Morgan fingerprint density at radius 1 is 1.17 bits per heavy atom. The fourth-order valence-electron chi connectivity index (χ4n) is 2.95. The first-order valence-corrected chi connectivity index (χ1v) is 7.72. The van der Waals surface area contributed by atoms with E-state index < -0.39 is 0 Å². The minimum atomic E-state index is -0.286. The first-order valence-electron chi connectivity index (χ1n) is 7.72. The summed E-state index contributed by atoms with van der Waals surface area (Å²) in [5.41, 5.74) is 2.69. The van der Waals surface area contributed by atoms with E-state index in [1.165, 1.54) is 0 Å². The molecule has 1 saturated heterocycles. The summed E-state index contributed by atoms with van der Waals surface area (Å²) in [6.45, 7) is 1.56. The van der Waals surface area contributed by atoms with Crippen molar-refractivity contribution in [3.05, 3.63) is 71.3 Å². The van der Waals surface area contributed by atoms with Gasteiger partial charge in [0.05, 0.1) is 11.6 Å². The number of carbonyl (C=O) groups excluding carboxylic acids is 1. The van der Waals surface area contributed by atoms with Crippen LogP contribution in [-0.4, -0.2) is 24.1 Å². The zero-order valence-electron chi connectivity index (χ0n) is 12.8. The van der Waals surface area contributed by atoms with E-state index in [0.29, 0.717) is 18.7 Å². The van der Waals surface area contributed by atoms with Gasteiger partial charge in [-0.1, -0.05) is 48.5 Å². The zero-order chi connectivity index (χ0) is 16.1. The predicted octanol–water partition coefficient (Wildman–Crippen LogP) is 3.68. The minimum absolute atomic E-state index is 0.204. The fourth-order valence-corrected chi connectivity index (χ4v) is 2.95. The SMILES string of the molecule is N#Cc1ccccc1C1CCN(C(=O)OCc2ccccc2)C1. The third-order valence-electron chi connectivity index (χ3n) is 4.17. The summed E-state index contributed by atoms with van der Waals surface area (Å²) >= 11 is 0. The summed E-state index contributed by atoms with van der Waals surface area (Å²) < 4.78 is 5.37. The van der Waals surface area contributed by atoms with Gasteiger partial charge in [0.1, 0.15) is 6.61 Å². The maximum atomic E-state index is 12.2. The van der Waals surface area contributed by atoms with Crippen LogP contribution in [0.1, 0.15) is 29.0 Å². The second kappa shape index (κ2) is 6.97. The van der Waals surface area contributed by atoms with E-state index in [1.807, 2.05) is 54.6 Å². The lowest BCUT2D eigenvalue weighted by Crippen LogP contribution is -2.29. The van der Waals surface area contributed by atoms with Crippen LogP contribution in [0.4, 0.5) is 4.79 Å². The third-order valence-corrected chi connectivity index (χ3v) is 4.17. The van der Waals surface area contributed by atoms with Crippen LogP contribution in [0.2, 0.25) is 0 Å². The number of amides is 1. The highest BCUT2D eigenvalue weighted by Crippen LogP contribution is 2.29. The van der Waals surface area contributed by atoms with Crippen LogP contribution in [0.25, 0.3) is 0 Å². The van der Waals surface area contributed by atoms with Gasteiger partial charge in [-0.2, -0.15) is 5.26 Å². The van der Waals surface area contributed by atoms with E-state index in [9.17, 15) is 10.1 Å². The Hall–Kier alpha value is -2.80. The van der Waals surface area contributed by atoms with Gasteiger partial charge in [0, 0.05) is 19.0 Å². The molecule has 23 heavy (non-hydrogen) atoms. The van der Waals surface area contributed by atoms with Gasteiger partial charge in [-0.3, -0.25) is 0 Å². The number of nitriles is 1. The Morgan fingerprint density at radius 2 is 1.91 bits per heavy atom. The Bertz CT molecular complexity index is 722. The Balaban J connectivity index is 1.59. The normalized spacial score (nSPS) is 16.8. The average molecular weight is 306 g/mol. The molecule has 0 N–H and O–H groups in total. The van der Waals surface area contributed by atoms with E-state index in [1.54, 1.807) is 4.90 Å². The molecule has 4 nitrogen and oxygen atoms in total. The summed E-state index contributed by atoms with van der Waals surface area (Å²) in [6, 6.07) is 19.5. The van der Waals surface area contributed by atoms with Gasteiger partial charge in [0.2, 0.25) is 0 Å². The molecule has 1 amide bonds. The Kier molecular flexibility index (Phi) is 4.58. The van der Waals surface area contributed by atoms with Crippen molar-refractivity contribution in [3.8, 4) is 6.07 Å². The van der Waals surface area contributed by atoms with Crippen LogP contribution < -0.4 is 0 Å².